The van der Waals surface area contributed by atoms with Crippen LogP contribution in [0.2, 0.25) is 0 Å². The summed E-state index contributed by atoms with van der Waals surface area (Å²) in [6, 6.07) is 2.44. The third kappa shape index (κ3) is 2.53. The molecular formula is C11H16N2O3S. The molecule has 3 heterocycles. The third-order valence-corrected chi connectivity index (χ3v) is 5.23. The fourth-order valence-corrected chi connectivity index (χ4v) is 4.09. The van der Waals surface area contributed by atoms with Gasteiger partial charge in [0.15, 0.2) is 0 Å². The van der Waals surface area contributed by atoms with Gasteiger partial charge in [-0.3, -0.25) is 0 Å². The van der Waals surface area contributed by atoms with E-state index in [1.807, 2.05) is 19.9 Å². The smallest absolute Gasteiger partial charge is 0.317 e. The second-order valence-electron chi connectivity index (χ2n) is 4.54. The quantitative estimate of drug-likeness (QED) is 0.600. The summed E-state index contributed by atoms with van der Waals surface area (Å²) in [5.74, 6) is 1.95. The van der Waals surface area contributed by atoms with Gasteiger partial charge < -0.3 is 4.74 Å². The van der Waals surface area contributed by atoms with Crippen molar-refractivity contribution in [2.24, 2.45) is 0 Å². The van der Waals surface area contributed by atoms with E-state index < -0.39 is 10.6 Å². The van der Waals surface area contributed by atoms with Gasteiger partial charge in [0.25, 0.3) is 0 Å². The Morgan fingerprint density at radius 3 is 2.29 bits per heavy atom. The van der Waals surface area contributed by atoms with Crippen LogP contribution in [0.15, 0.2) is 6.07 Å². The van der Waals surface area contributed by atoms with Crippen molar-refractivity contribution in [2.75, 3.05) is 11.5 Å². The SMILES string of the molecule is Cc1cc(C)nc(OC2CCS3(CC2)OO3)n1. The Morgan fingerprint density at radius 1 is 1.18 bits per heavy atom. The molecule has 6 heteroatoms. The fourth-order valence-electron chi connectivity index (χ4n) is 2.06. The van der Waals surface area contributed by atoms with Gasteiger partial charge in [0.2, 0.25) is 0 Å². The molecule has 0 N–H and O–H groups in total. The maximum Gasteiger partial charge on any atom is 0.317 e. The molecule has 0 bridgehead atoms. The molecule has 2 aliphatic heterocycles. The van der Waals surface area contributed by atoms with E-state index in [4.69, 9.17) is 13.4 Å². The molecule has 0 aliphatic carbocycles. The van der Waals surface area contributed by atoms with Crippen LogP contribution in [0.1, 0.15) is 24.2 Å². The van der Waals surface area contributed by atoms with Crippen LogP contribution in [0.3, 0.4) is 0 Å². The minimum Gasteiger partial charge on any atom is -0.460 e. The molecule has 0 atom stereocenters. The van der Waals surface area contributed by atoms with Crippen molar-refractivity contribution in [3.63, 3.8) is 0 Å². The van der Waals surface area contributed by atoms with Crippen LogP contribution in [0, 0.1) is 13.8 Å². The van der Waals surface area contributed by atoms with Gasteiger partial charge in [-0.1, -0.05) is 0 Å². The molecule has 1 aromatic heterocycles. The van der Waals surface area contributed by atoms with Crippen LogP contribution in [0.25, 0.3) is 0 Å². The zero-order valence-corrected chi connectivity index (χ0v) is 10.8. The largest absolute Gasteiger partial charge is 0.460 e. The van der Waals surface area contributed by atoms with Gasteiger partial charge >= 0.3 is 6.01 Å². The Balaban J connectivity index is 1.62. The summed E-state index contributed by atoms with van der Waals surface area (Å²) < 4.78 is 16.0. The first-order chi connectivity index (χ1) is 8.15. The van der Waals surface area contributed by atoms with E-state index in [9.17, 15) is 0 Å². The molecule has 17 heavy (non-hydrogen) atoms. The molecule has 2 fully saturated rings. The lowest BCUT2D eigenvalue weighted by atomic mass is 10.2. The lowest BCUT2D eigenvalue weighted by Crippen LogP contribution is -2.26. The predicted molar refractivity (Wildman–Crippen MR) is 64.7 cm³/mol. The first-order valence-corrected chi connectivity index (χ1v) is 7.63. The molecule has 2 aliphatic rings. The number of ether oxygens (including phenoxy) is 1. The van der Waals surface area contributed by atoms with Gasteiger partial charge in [-0.15, -0.1) is 19.3 Å². The fraction of sp³-hybridized carbons (Fsp3) is 0.636. The van der Waals surface area contributed by atoms with E-state index in [0.717, 1.165) is 35.7 Å². The average Bonchev–Trinajstić information content (AvgIpc) is 3.01. The van der Waals surface area contributed by atoms with Gasteiger partial charge in [-0.25, -0.2) is 9.97 Å². The molecule has 3 rings (SSSR count). The van der Waals surface area contributed by atoms with Crippen molar-refractivity contribution in [1.82, 2.24) is 9.97 Å². The normalized spacial score (nSPS) is 24.6. The monoisotopic (exact) mass is 256 g/mol. The summed E-state index contributed by atoms with van der Waals surface area (Å²) in [4.78, 5) is 8.58. The standard InChI is InChI=1S/C11H16N2O3S/c1-8-7-9(2)13-11(12-8)14-10-3-5-17(6-4-10)15-16-17/h7,10H,3-6H2,1-2H3. The minimum atomic E-state index is -1.10. The predicted octanol–water partition coefficient (Wildman–Crippen LogP) is 2.23. The summed E-state index contributed by atoms with van der Waals surface area (Å²) in [6.07, 6.45) is 2.12. The molecule has 0 aromatic carbocycles. The number of nitrogens with zero attached hydrogens (tertiary/aromatic N) is 2. The molecule has 5 nitrogen and oxygen atoms in total. The molecule has 0 saturated carbocycles. The zero-order chi connectivity index (χ0) is 11.9. The summed E-state index contributed by atoms with van der Waals surface area (Å²) in [6.45, 7) is 3.90. The first-order valence-electron chi connectivity index (χ1n) is 5.81. The van der Waals surface area contributed by atoms with Crippen molar-refractivity contribution >= 4 is 10.6 Å². The van der Waals surface area contributed by atoms with E-state index in [2.05, 4.69) is 9.97 Å². The first kappa shape index (κ1) is 11.3. The topological polar surface area (TPSA) is 60.1 Å². The van der Waals surface area contributed by atoms with E-state index in [-0.39, 0.29) is 6.10 Å². The highest BCUT2D eigenvalue weighted by molar-refractivity contribution is 8.29. The van der Waals surface area contributed by atoms with Crippen molar-refractivity contribution in [3.8, 4) is 6.01 Å². The van der Waals surface area contributed by atoms with E-state index in [1.165, 1.54) is 0 Å². The second kappa shape index (κ2) is 4.12. The van der Waals surface area contributed by atoms with Gasteiger partial charge in [-0.05, 0) is 19.9 Å². The van der Waals surface area contributed by atoms with Crippen LogP contribution in [0.5, 0.6) is 6.01 Å². The van der Waals surface area contributed by atoms with Crippen molar-refractivity contribution in [1.29, 1.82) is 0 Å². The van der Waals surface area contributed by atoms with Gasteiger partial charge in [-0.2, -0.15) is 0 Å². The Labute approximate surface area is 102 Å². The van der Waals surface area contributed by atoms with Crippen LogP contribution >= 0.6 is 10.6 Å². The number of aryl methyl sites for hydroxylation is 2. The Hall–Kier alpha value is -0.850. The lowest BCUT2D eigenvalue weighted by Gasteiger charge is -2.27. The van der Waals surface area contributed by atoms with Crippen LogP contribution < -0.4 is 4.74 Å². The second-order valence-corrected chi connectivity index (χ2v) is 7.11. The minimum absolute atomic E-state index is 0.196. The van der Waals surface area contributed by atoms with E-state index in [1.54, 1.807) is 0 Å². The van der Waals surface area contributed by atoms with Gasteiger partial charge in [0.1, 0.15) is 6.10 Å². The maximum atomic E-state index is 5.82. The van der Waals surface area contributed by atoms with Crippen LogP contribution in [0.4, 0.5) is 0 Å². The number of aromatic nitrogens is 2. The Morgan fingerprint density at radius 2 is 1.76 bits per heavy atom. The maximum absolute atomic E-state index is 5.82. The summed E-state index contributed by atoms with van der Waals surface area (Å²) >= 11 is 0. The summed E-state index contributed by atoms with van der Waals surface area (Å²) in [5.41, 5.74) is 1.89. The molecular weight excluding hydrogens is 240 g/mol. The highest BCUT2D eigenvalue weighted by Gasteiger charge is 2.42. The summed E-state index contributed by atoms with van der Waals surface area (Å²) in [7, 11) is -1.10. The average molecular weight is 256 g/mol. The van der Waals surface area contributed by atoms with Crippen LogP contribution in [-0.2, 0) is 8.67 Å². The van der Waals surface area contributed by atoms with Crippen molar-refractivity contribution in [2.45, 2.75) is 32.8 Å². The molecule has 0 amide bonds. The van der Waals surface area contributed by atoms with Crippen LogP contribution in [-0.4, -0.2) is 27.6 Å². The molecule has 2 saturated heterocycles. The van der Waals surface area contributed by atoms with E-state index in [0.29, 0.717) is 6.01 Å². The van der Waals surface area contributed by atoms with E-state index >= 15 is 0 Å². The molecule has 0 radical (unpaired) electrons. The molecule has 94 valence electrons. The van der Waals surface area contributed by atoms with Crippen molar-refractivity contribution < 1.29 is 13.4 Å². The Bertz CT molecular complexity index is 406. The zero-order valence-electron chi connectivity index (χ0n) is 10.0. The molecule has 0 unspecified atom stereocenters. The number of hydrogen-bond donors (Lipinski definition) is 0. The van der Waals surface area contributed by atoms with Gasteiger partial charge in [0.05, 0.1) is 0 Å². The Kier molecular flexibility index (Phi) is 2.72. The number of hydrogen-bond acceptors (Lipinski definition) is 5. The summed E-state index contributed by atoms with van der Waals surface area (Å²) in [5, 5.41) is 0. The lowest BCUT2D eigenvalue weighted by molar-refractivity contribution is 0.0850. The highest BCUT2D eigenvalue weighted by atomic mass is 32.3. The molecule has 1 spiro atoms. The third-order valence-electron chi connectivity index (χ3n) is 3.00. The van der Waals surface area contributed by atoms with Crippen molar-refractivity contribution in [3.05, 3.63) is 17.5 Å². The number of rotatable bonds is 2. The highest BCUT2D eigenvalue weighted by Crippen LogP contribution is 2.67. The molecule has 1 aromatic rings. The van der Waals surface area contributed by atoms with Gasteiger partial charge in [0, 0.05) is 35.7 Å².